The van der Waals surface area contributed by atoms with Crippen LogP contribution in [0.1, 0.15) is 16.7 Å². The van der Waals surface area contributed by atoms with Crippen molar-refractivity contribution in [1.29, 1.82) is 0 Å². The molecule has 4 rings (SSSR count). The van der Waals surface area contributed by atoms with Crippen LogP contribution in [0, 0.1) is 0 Å². The first-order chi connectivity index (χ1) is 12.2. The largest absolute Gasteiger partial charge is 0.497 e. The Morgan fingerprint density at radius 1 is 1.00 bits per heavy atom. The fraction of sp³-hybridized carbons (Fsp3) is 0.136. The molecule has 1 aliphatic rings. The maximum Gasteiger partial charge on any atom is 0.248 e. The predicted molar refractivity (Wildman–Crippen MR) is 102 cm³/mol. The summed E-state index contributed by atoms with van der Waals surface area (Å²) in [5.41, 5.74) is 4.57. The van der Waals surface area contributed by atoms with Crippen LogP contribution in [0.5, 0.6) is 5.75 Å². The number of hydrogen-bond acceptors (Lipinski definition) is 2. The molecule has 3 aromatic carbocycles. The molecule has 1 aliphatic carbocycles. The Bertz CT molecular complexity index is 961. The Hall–Kier alpha value is -3.07. The molecular weight excluding hydrogens is 310 g/mol. The van der Waals surface area contributed by atoms with Gasteiger partial charge in [-0.25, -0.2) is 0 Å². The van der Waals surface area contributed by atoms with Crippen LogP contribution in [0.2, 0.25) is 0 Å². The molecule has 0 heterocycles. The molecule has 1 amide bonds. The monoisotopic (exact) mass is 329 g/mol. The molecule has 3 heteroatoms. The Labute approximate surface area is 146 Å². The zero-order valence-electron chi connectivity index (χ0n) is 14.1. The molecule has 0 aliphatic heterocycles. The average molecular weight is 329 g/mol. The van der Waals surface area contributed by atoms with E-state index in [0.29, 0.717) is 0 Å². The summed E-state index contributed by atoms with van der Waals surface area (Å²) in [5.74, 6) is 0.670. The summed E-state index contributed by atoms with van der Waals surface area (Å²) < 4.78 is 5.14. The molecular formula is C22H19NO2. The molecule has 1 N–H and O–H groups in total. The molecule has 0 unspecified atom stereocenters. The fourth-order valence-corrected chi connectivity index (χ4v) is 3.42. The van der Waals surface area contributed by atoms with Gasteiger partial charge in [0.25, 0.3) is 0 Å². The summed E-state index contributed by atoms with van der Waals surface area (Å²) in [4.78, 5) is 12.3. The number of aryl methyl sites for hydroxylation is 2. The minimum atomic E-state index is -0.130. The fourth-order valence-electron chi connectivity index (χ4n) is 3.42. The van der Waals surface area contributed by atoms with Gasteiger partial charge in [-0.1, -0.05) is 36.4 Å². The Morgan fingerprint density at radius 2 is 1.76 bits per heavy atom. The summed E-state index contributed by atoms with van der Waals surface area (Å²) in [7, 11) is 1.64. The van der Waals surface area contributed by atoms with Crippen LogP contribution in [0.4, 0.5) is 5.69 Å². The van der Waals surface area contributed by atoms with Gasteiger partial charge in [-0.05, 0) is 59.2 Å². The smallest absolute Gasteiger partial charge is 0.248 e. The molecule has 25 heavy (non-hydrogen) atoms. The summed E-state index contributed by atoms with van der Waals surface area (Å²) in [6.07, 6.45) is 5.53. The van der Waals surface area contributed by atoms with Crippen LogP contribution < -0.4 is 10.1 Å². The lowest BCUT2D eigenvalue weighted by Crippen LogP contribution is -2.08. The molecule has 0 saturated carbocycles. The molecule has 3 nitrogen and oxygen atoms in total. The molecule has 0 fully saturated rings. The SMILES string of the molecule is COc1ccc(/C=C/C(=O)Nc2ccc3c4c(cccc24)CC3)cc1. The van der Waals surface area contributed by atoms with E-state index < -0.39 is 0 Å². The molecule has 0 saturated heterocycles. The highest BCUT2D eigenvalue weighted by atomic mass is 16.5. The van der Waals surface area contributed by atoms with Gasteiger partial charge in [0.2, 0.25) is 5.91 Å². The third-order valence-electron chi connectivity index (χ3n) is 4.68. The Kier molecular flexibility index (Phi) is 3.98. The van der Waals surface area contributed by atoms with Gasteiger partial charge in [0, 0.05) is 17.1 Å². The van der Waals surface area contributed by atoms with E-state index in [2.05, 4.69) is 29.6 Å². The molecule has 0 bridgehead atoms. The number of hydrogen-bond donors (Lipinski definition) is 1. The summed E-state index contributed by atoms with van der Waals surface area (Å²) in [6.45, 7) is 0. The third-order valence-corrected chi connectivity index (χ3v) is 4.68. The van der Waals surface area contributed by atoms with Crippen molar-refractivity contribution in [3.05, 3.63) is 77.4 Å². The minimum absolute atomic E-state index is 0.130. The lowest BCUT2D eigenvalue weighted by molar-refractivity contribution is -0.111. The van der Waals surface area contributed by atoms with Gasteiger partial charge in [0.15, 0.2) is 0 Å². The lowest BCUT2D eigenvalue weighted by Gasteiger charge is -2.09. The van der Waals surface area contributed by atoms with Crippen molar-refractivity contribution in [3.63, 3.8) is 0 Å². The van der Waals surface area contributed by atoms with E-state index in [9.17, 15) is 4.79 Å². The summed E-state index contributed by atoms with van der Waals surface area (Å²) >= 11 is 0. The normalized spacial score (nSPS) is 12.7. The first kappa shape index (κ1) is 15.5. The number of methoxy groups -OCH3 is 1. The average Bonchev–Trinajstić information content (AvgIpc) is 3.07. The number of benzene rings is 3. The second-order valence-electron chi connectivity index (χ2n) is 6.21. The van der Waals surface area contributed by atoms with Crippen molar-refractivity contribution in [2.75, 3.05) is 12.4 Å². The Balaban J connectivity index is 1.55. The van der Waals surface area contributed by atoms with Gasteiger partial charge in [0.05, 0.1) is 7.11 Å². The number of carbonyl (C=O) groups excluding carboxylic acids is 1. The number of amides is 1. The second-order valence-corrected chi connectivity index (χ2v) is 6.21. The van der Waals surface area contributed by atoms with Crippen molar-refractivity contribution in [2.24, 2.45) is 0 Å². The van der Waals surface area contributed by atoms with Crippen molar-refractivity contribution >= 4 is 28.4 Å². The number of nitrogens with one attached hydrogen (secondary N) is 1. The van der Waals surface area contributed by atoms with Crippen LogP contribution in [0.3, 0.4) is 0 Å². The minimum Gasteiger partial charge on any atom is -0.497 e. The van der Waals surface area contributed by atoms with Crippen LogP contribution in [-0.4, -0.2) is 13.0 Å². The zero-order valence-corrected chi connectivity index (χ0v) is 14.1. The molecule has 3 aromatic rings. The van der Waals surface area contributed by atoms with Crippen molar-refractivity contribution < 1.29 is 9.53 Å². The van der Waals surface area contributed by atoms with E-state index in [1.807, 2.05) is 30.3 Å². The predicted octanol–water partition coefficient (Wildman–Crippen LogP) is 4.60. The van der Waals surface area contributed by atoms with Crippen molar-refractivity contribution in [2.45, 2.75) is 12.8 Å². The lowest BCUT2D eigenvalue weighted by atomic mass is 10.0. The zero-order chi connectivity index (χ0) is 17.2. The van der Waals surface area contributed by atoms with Crippen LogP contribution >= 0.6 is 0 Å². The highest BCUT2D eigenvalue weighted by molar-refractivity contribution is 6.09. The van der Waals surface area contributed by atoms with Gasteiger partial charge in [-0.15, -0.1) is 0 Å². The van der Waals surface area contributed by atoms with Crippen molar-refractivity contribution in [3.8, 4) is 5.75 Å². The van der Waals surface area contributed by atoms with E-state index in [4.69, 9.17) is 4.74 Å². The molecule has 0 atom stereocenters. The number of ether oxygens (including phenoxy) is 1. The van der Waals surface area contributed by atoms with E-state index >= 15 is 0 Å². The maximum absolute atomic E-state index is 12.3. The van der Waals surface area contributed by atoms with E-state index in [1.165, 1.54) is 16.5 Å². The molecule has 0 radical (unpaired) electrons. The van der Waals surface area contributed by atoms with E-state index in [1.54, 1.807) is 19.3 Å². The first-order valence-electron chi connectivity index (χ1n) is 8.41. The Morgan fingerprint density at radius 3 is 2.52 bits per heavy atom. The van der Waals surface area contributed by atoms with Gasteiger partial charge < -0.3 is 10.1 Å². The van der Waals surface area contributed by atoms with Gasteiger partial charge in [0.1, 0.15) is 5.75 Å². The molecule has 124 valence electrons. The van der Waals surface area contributed by atoms with Gasteiger partial charge in [-0.3, -0.25) is 4.79 Å². The van der Waals surface area contributed by atoms with Gasteiger partial charge >= 0.3 is 0 Å². The summed E-state index contributed by atoms with van der Waals surface area (Å²) in [5, 5.41) is 5.44. The van der Waals surface area contributed by atoms with E-state index in [0.717, 1.165) is 35.2 Å². The maximum atomic E-state index is 12.3. The van der Waals surface area contributed by atoms with Crippen LogP contribution in [0.25, 0.3) is 16.8 Å². The van der Waals surface area contributed by atoms with Crippen LogP contribution in [-0.2, 0) is 17.6 Å². The molecule has 0 aromatic heterocycles. The van der Waals surface area contributed by atoms with Crippen LogP contribution in [0.15, 0.2) is 60.7 Å². The van der Waals surface area contributed by atoms with E-state index in [-0.39, 0.29) is 5.91 Å². The number of anilines is 1. The quantitative estimate of drug-likeness (QED) is 0.711. The summed E-state index contributed by atoms with van der Waals surface area (Å²) in [6, 6.07) is 18.0. The standard InChI is InChI=1S/C22H19NO2/c1-25-18-11-5-15(6-12-18)7-14-21(24)23-20-13-10-17-9-8-16-3-2-4-19(20)22(16)17/h2-7,10-14H,8-9H2,1H3,(H,23,24)/b14-7+. The highest BCUT2D eigenvalue weighted by Gasteiger charge is 2.16. The van der Waals surface area contributed by atoms with Gasteiger partial charge in [-0.2, -0.15) is 0 Å². The van der Waals surface area contributed by atoms with Crippen molar-refractivity contribution in [1.82, 2.24) is 0 Å². The highest BCUT2D eigenvalue weighted by Crippen LogP contribution is 2.34. The topological polar surface area (TPSA) is 38.3 Å². The third kappa shape index (κ3) is 3.01. The second kappa shape index (κ2) is 6.44. The number of carbonyl (C=O) groups is 1. The number of rotatable bonds is 4. The molecule has 0 spiro atoms. The first-order valence-corrected chi connectivity index (χ1v) is 8.41.